The molecular formula is C13H18N2O3S. The smallest absolute Gasteiger partial charge is 0.299 e. The predicted octanol–water partition coefficient (Wildman–Crippen LogP) is 1.08. The van der Waals surface area contributed by atoms with E-state index in [1.165, 1.54) is 0 Å². The van der Waals surface area contributed by atoms with E-state index in [9.17, 15) is 8.42 Å². The molecule has 0 radical (unpaired) electrons. The Labute approximate surface area is 114 Å². The van der Waals surface area contributed by atoms with Gasteiger partial charge in [0.2, 0.25) is 0 Å². The molecule has 6 heteroatoms. The summed E-state index contributed by atoms with van der Waals surface area (Å²) in [4.78, 5) is 0. The van der Waals surface area contributed by atoms with Gasteiger partial charge >= 0.3 is 0 Å². The number of nitrogens with one attached hydrogen (secondary N) is 2. The van der Waals surface area contributed by atoms with Gasteiger partial charge in [0, 0.05) is 16.8 Å². The van der Waals surface area contributed by atoms with Gasteiger partial charge in [0.25, 0.3) is 10.2 Å². The highest BCUT2D eigenvalue weighted by molar-refractivity contribution is 7.90. The van der Waals surface area contributed by atoms with Crippen LogP contribution in [-0.4, -0.2) is 25.7 Å². The molecule has 0 unspecified atom stereocenters. The van der Waals surface area contributed by atoms with E-state index in [1.54, 1.807) is 45.0 Å². The van der Waals surface area contributed by atoms with Crippen LogP contribution in [0, 0.1) is 11.8 Å². The highest BCUT2D eigenvalue weighted by Gasteiger charge is 2.19. The molecule has 0 bridgehead atoms. The summed E-state index contributed by atoms with van der Waals surface area (Å²) in [5.74, 6) is 5.25. The molecule has 5 nitrogen and oxygen atoms in total. The first-order valence-electron chi connectivity index (χ1n) is 5.73. The Morgan fingerprint density at radius 2 is 1.79 bits per heavy atom. The zero-order chi connectivity index (χ0) is 14.5. The van der Waals surface area contributed by atoms with Crippen LogP contribution in [0.5, 0.6) is 0 Å². The van der Waals surface area contributed by atoms with Gasteiger partial charge in [0.1, 0.15) is 6.61 Å². The summed E-state index contributed by atoms with van der Waals surface area (Å²) in [7, 11) is -3.60. The van der Waals surface area contributed by atoms with Gasteiger partial charge in [-0.2, -0.15) is 13.1 Å². The molecule has 3 N–H and O–H groups in total. The zero-order valence-electron chi connectivity index (χ0n) is 11.2. The van der Waals surface area contributed by atoms with E-state index in [0.29, 0.717) is 11.3 Å². The van der Waals surface area contributed by atoms with Crippen LogP contribution >= 0.6 is 0 Å². The summed E-state index contributed by atoms with van der Waals surface area (Å²) in [6, 6.07) is 6.59. The second kappa shape index (κ2) is 6.06. The SMILES string of the molecule is CC(C)(C)NS(=O)(=O)Nc1ccc(C#CCO)cc1. The molecule has 0 heterocycles. The average molecular weight is 282 g/mol. The van der Waals surface area contributed by atoms with Crippen molar-refractivity contribution in [3.05, 3.63) is 29.8 Å². The molecule has 0 aromatic heterocycles. The fraction of sp³-hybridized carbons (Fsp3) is 0.385. The van der Waals surface area contributed by atoms with Crippen molar-refractivity contribution in [2.24, 2.45) is 0 Å². The van der Waals surface area contributed by atoms with Crippen LogP contribution in [-0.2, 0) is 10.2 Å². The molecular weight excluding hydrogens is 264 g/mol. The van der Waals surface area contributed by atoms with Crippen molar-refractivity contribution in [1.82, 2.24) is 4.72 Å². The van der Waals surface area contributed by atoms with Gasteiger partial charge in [-0.1, -0.05) is 11.8 Å². The molecule has 0 aliphatic rings. The topological polar surface area (TPSA) is 78.4 Å². The molecule has 0 saturated carbocycles. The number of anilines is 1. The Morgan fingerprint density at radius 1 is 1.21 bits per heavy atom. The Balaban J connectivity index is 2.78. The molecule has 0 saturated heterocycles. The number of hydrogen-bond donors (Lipinski definition) is 3. The van der Waals surface area contributed by atoms with Gasteiger partial charge in [0.15, 0.2) is 0 Å². The Kier molecular flexibility index (Phi) is 4.95. The lowest BCUT2D eigenvalue weighted by Gasteiger charge is -2.20. The Morgan fingerprint density at radius 3 is 2.26 bits per heavy atom. The number of benzene rings is 1. The highest BCUT2D eigenvalue weighted by atomic mass is 32.2. The minimum atomic E-state index is -3.60. The van der Waals surface area contributed by atoms with Crippen molar-refractivity contribution in [3.63, 3.8) is 0 Å². The van der Waals surface area contributed by atoms with Crippen molar-refractivity contribution in [2.75, 3.05) is 11.3 Å². The van der Waals surface area contributed by atoms with Gasteiger partial charge in [0.05, 0.1) is 0 Å². The monoisotopic (exact) mass is 282 g/mol. The van der Waals surface area contributed by atoms with Crippen LogP contribution in [0.15, 0.2) is 24.3 Å². The second-order valence-electron chi connectivity index (χ2n) is 4.99. The van der Waals surface area contributed by atoms with Crippen LogP contribution < -0.4 is 9.44 Å². The van der Waals surface area contributed by atoms with Crippen LogP contribution in [0.25, 0.3) is 0 Å². The van der Waals surface area contributed by atoms with Crippen LogP contribution in [0.3, 0.4) is 0 Å². The lowest BCUT2D eigenvalue weighted by atomic mass is 10.1. The first-order chi connectivity index (χ1) is 8.72. The summed E-state index contributed by atoms with van der Waals surface area (Å²) in [5, 5.41) is 8.57. The van der Waals surface area contributed by atoms with E-state index in [-0.39, 0.29) is 6.61 Å². The summed E-state index contributed by atoms with van der Waals surface area (Å²) < 4.78 is 28.5. The normalized spacial score (nSPS) is 11.6. The van der Waals surface area contributed by atoms with Crippen LogP contribution in [0.2, 0.25) is 0 Å². The summed E-state index contributed by atoms with van der Waals surface area (Å²) in [6.07, 6.45) is 0. The summed E-state index contributed by atoms with van der Waals surface area (Å²) in [5.41, 5.74) is 0.616. The molecule has 0 atom stereocenters. The van der Waals surface area contributed by atoms with Crippen molar-refractivity contribution < 1.29 is 13.5 Å². The van der Waals surface area contributed by atoms with Gasteiger partial charge in [-0.15, -0.1) is 0 Å². The van der Waals surface area contributed by atoms with E-state index < -0.39 is 15.7 Å². The van der Waals surface area contributed by atoms with Gasteiger partial charge in [-0.3, -0.25) is 4.72 Å². The van der Waals surface area contributed by atoms with Gasteiger partial charge < -0.3 is 5.11 Å². The minimum absolute atomic E-state index is 0.204. The summed E-state index contributed by atoms with van der Waals surface area (Å²) in [6.45, 7) is 5.09. The second-order valence-corrected chi connectivity index (χ2v) is 6.41. The number of rotatable bonds is 3. The van der Waals surface area contributed by atoms with E-state index >= 15 is 0 Å². The molecule has 1 aromatic carbocycles. The van der Waals surface area contributed by atoms with E-state index in [1.807, 2.05) is 0 Å². The maximum absolute atomic E-state index is 11.8. The van der Waals surface area contributed by atoms with E-state index in [0.717, 1.165) is 0 Å². The third-order valence-corrected chi connectivity index (χ3v) is 3.27. The van der Waals surface area contributed by atoms with Crippen molar-refractivity contribution in [3.8, 4) is 11.8 Å². The largest absolute Gasteiger partial charge is 0.384 e. The fourth-order valence-electron chi connectivity index (χ4n) is 1.35. The first-order valence-corrected chi connectivity index (χ1v) is 7.22. The van der Waals surface area contributed by atoms with Crippen molar-refractivity contribution in [2.45, 2.75) is 26.3 Å². The minimum Gasteiger partial charge on any atom is -0.384 e. The molecule has 0 aliphatic heterocycles. The summed E-state index contributed by atoms with van der Waals surface area (Å²) >= 11 is 0. The molecule has 0 fully saturated rings. The molecule has 0 spiro atoms. The molecule has 19 heavy (non-hydrogen) atoms. The van der Waals surface area contributed by atoms with E-state index in [2.05, 4.69) is 21.3 Å². The molecule has 1 aromatic rings. The Bertz CT molecular complexity index is 575. The fourth-order valence-corrected chi connectivity index (χ4v) is 2.65. The van der Waals surface area contributed by atoms with Crippen LogP contribution in [0.1, 0.15) is 26.3 Å². The molecule has 1 rings (SSSR count). The lowest BCUT2D eigenvalue weighted by molar-refractivity contribution is 0.350. The first kappa shape index (κ1) is 15.5. The standard InChI is InChI=1S/C13H18N2O3S/c1-13(2,3)15-19(17,18)14-12-8-6-11(7-9-12)5-4-10-16/h6-9,14-16H,10H2,1-3H3. The van der Waals surface area contributed by atoms with Crippen molar-refractivity contribution in [1.29, 1.82) is 0 Å². The third-order valence-electron chi connectivity index (χ3n) is 1.89. The number of aliphatic hydroxyl groups excluding tert-OH is 1. The van der Waals surface area contributed by atoms with Gasteiger partial charge in [-0.05, 0) is 45.0 Å². The maximum Gasteiger partial charge on any atom is 0.299 e. The van der Waals surface area contributed by atoms with Gasteiger partial charge in [-0.25, -0.2) is 0 Å². The molecule has 0 amide bonds. The average Bonchev–Trinajstić information content (AvgIpc) is 2.24. The highest BCUT2D eigenvalue weighted by Crippen LogP contribution is 2.11. The maximum atomic E-state index is 11.8. The number of hydrogen-bond acceptors (Lipinski definition) is 3. The zero-order valence-corrected chi connectivity index (χ0v) is 12.0. The Hall–Kier alpha value is -1.55. The lowest BCUT2D eigenvalue weighted by Crippen LogP contribution is -2.43. The molecule has 104 valence electrons. The third kappa shape index (κ3) is 6.25. The molecule has 0 aliphatic carbocycles. The predicted molar refractivity (Wildman–Crippen MR) is 75.8 cm³/mol. The van der Waals surface area contributed by atoms with Crippen LogP contribution in [0.4, 0.5) is 5.69 Å². The quantitative estimate of drug-likeness (QED) is 0.726. The number of aliphatic hydroxyl groups is 1. The van der Waals surface area contributed by atoms with E-state index in [4.69, 9.17) is 5.11 Å². The van der Waals surface area contributed by atoms with Crippen molar-refractivity contribution >= 4 is 15.9 Å².